The summed E-state index contributed by atoms with van der Waals surface area (Å²) in [6.45, 7) is 1.77. The smallest absolute Gasteiger partial charge is 0.258 e. The van der Waals surface area contributed by atoms with Gasteiger partial charge in [0, 0.05) is 19.8 Å². The molecule has 2 aromatic rings. The number of sulfonamides is 1. The third-order valence-electron chi connectivity index (χ3n) is 3.14. The van der Waals surface area contributed by atoms with E-state index in [0.717, 1.165) is 21.2 Å². The predicted octanol–water partition coefficient (Wildman–Crippen LogP) is 3.87. The second-order valence-corrected chi connectivity index (χ2v) is 9.39. The topological polar surface area (TPSA) is 66.5 Å². The average molecular weight is 393 g/mol. The first-order chi connectivity index (χ1) is 10.6. The molecule has 5 nitrogen and oxygen atoms in total. The molecule has 0 aliphatic rings. The van der Waals surface area contributed by atoms with E-state index in [9.17, 15) is 13.2 Å². The Labute approximate surface area is 148 Å². The van der Waals surface area contributed by atoms with Crippen molar-refractivity contribution >= 4 is 56.2 Å². The highest BCUT2D eigenvalue weighted by Gasteiger charge is 2.20. The van der Waals surface area contributed by atoms with E-state index in [4.69, 9.17) is 23.2 Å². The molecule has 0 aliphatic carbocycles. The summed E-state index contributed by atoms with van der Waals surface area (Å²) in [6.07, 6.45) is 0. The van der Waals surface area contributed by atoms with E-state index in [2.05, 4.69) is 5.32 Å². The first kappa shape index (κ1) is 18.2. The number of halogens is 2. The van der Waals surface area contributed by atoms with E-state index in [-0.39, 0.29) is 14.8 Å². The van der Waals surface area contributed by atoms with Crippen LogP contribution in [0.15, 0.2) is 29.2 Å². The number of benzene rings is 1. The molecule has 23 heavy (non-hydrogen) atoms. The summed E-state index contributed by atoms with van der Waals surface area (Å²) in [5.41, 5.74) is 1.38. The van der Waals surface area contributed by atoms with E-state index < -0.39 is 15.9 Å². The molecule has 9 heteroatoms. The fourth-order valence-electron chi connectivity index (χ4n) is 1.79. The fraction of sp³-hybridized carbons (Fsp3) is 0.214. The lowest BCUT2D eigenvalue weighted by molar-refractivity contribution is 0.102. The van der Waals surface area contributed by atoms with E-state index >= 15 is 0 Å². The van der Waals surface area contributed by atoms with Gasteiger partial charge in [0.05, 0.1) is 14.8 Å². The Bertz CT molecular complexity index is 861. The van der Waals surface area contributed by atoms with Crippen molar-refractivity contribution < 1.29 is 13.2 Å². The van der Waals surface area contributed by atoms with E-state index in [1.807, 2.05) is 0 Å². The van der Waals surface area contributed by atoms with Gasteiger partial charge in [0.25, 0.3) is 5.91 Å². The van der Waals surface area contributed by atoms with Gasteiger partial charge >= 0.3 is 0 Å². The number of nitrogens with zero attached hydrogens (tertiary/aromatic N) is 1. The summed E-state index contributed by atoms with van der Waals surface area (Å²) in [5, 5.41) is 2.67. The van der Waals surface area contributed by atoms with Gasteiger partial charge in [-0.25, -0.2) is 12.7 Å². The van der Waals surface area contributed by atoms with Gasteiger partial charge in [0.15, 0.2) is 0 Å². The highest BCUT2D eigenvalue weighted by Crippen LogP contribution is 2.32. The third kappa shape index (κ3) is 3.87. The Kier molecular flexibility index (Phi) is 5.37. The van der Waals surface area contributed by atoms with Gasteiger partial charge in [-0.1, -0.05) is 29.3 Å². The largest absolute Gasteiger partial charge is 0.322 e. The Morgan fingerprint density at radius 3 is 2.39 bits per heavy atom. The molecule has 2 rings (SSSR count). The summed E-state index contributed by atoms with van der Waals surface area (Å²) in [4.78, 5) is 12.4. The second kappa shape index (κ2) is 6.78. The quantitative estimate of drug-likeness (QED) is 0.858. The predicted molar refractivity (Wildman–Crippen MR) is 94.3 cm³/mol. The van der Waals surface area contributed by atoms with E-state index in [1.54, 1.807) is 13.0 Å². The number of rotatable bonds is 4. The molecule has 0 spiro atoms. The highest BCUT2D eigenvalue weighted by atomic mass is 35.5. The van der Waals surface area contributed by atoms with Crippen LogP contribution in [0, 0.1) is 6.92 Å². The monoisotopic (exact) mass is 392 g/mol. The maximum absolute atomic E-state index is 12.3. The number of aryl methyl sites for hydroxylation is 1. The second-order valence-electron chi connectivity index (χ2n) is 4.96. The van der Waals surface area contributed by atoms with Crippen LogP contribution in [0.4, 0.5) is 5.69 Å². The molecule has 0 saturated carbocycles. The van der Waals surface area contributed by atoms with Gasteiger partial charge in [-0.3, -0.25) is 4.79 Å². The molecular weight excluding hydrogens is 379 g/mol. The number of amides is 1. The van der Waals surface area contributed by atoms with Gasteiger partial charge in [-0.15, -0.1) is 11.3 Å². The molecule has 0 saturated heterocycles. The van der Waals surface area contributed by atoms with Gasteiger partial charge in [-0.05, 0) is 30.7 Å². The number of carbonyl (C=O) groups excluding carboxylic acids is 1. The van der Waals surface area contributed by atoms with Gasteiger partial charge in [0.2, 0.25) is 10.0 Å². The van der Waals surface area contributed by atoms with Crippen LogP contribution in [0.25, 0.3) is 0 Å². The number of thiophene rings is 1. The molecule has 124 valence electrons. The molecule has 0 bridgehead atoms. The molecule has 1 heterocycles. The van der Waals surface area contributed by atoms with Gasteiger partial charge in [-0.2, -0.15) is 0 Å². The van der Waals surface area contributed by atoms with Crippen LogP contribution in [0.5, 0.6) is 0 Å². The Balaban J connectivity index is 2.37. The Hall–Kier alpha value is -1.12. The van der Waals surface area contributed by atoms with Crippen molar-refractivity contribution in [2.75, 3.05) is 19.4 Å². The van der Waals surface area contributed by atoms with Crippen LogP contribution in [0.1, 0.15) is 15.9 Å². The molecular formula is C14H14Cl2N2O3S2. The van der Waals surface area contributed by atoms with Crippen LogP contribution in [-0.2, 0) is 10.0 Å². The van der Waals surface area contributed by atoms with Gasteiger partial charge in [0.1, 0.15) is 4.34 Å². The third-order valence-corrected chi connectivity index (χ3v) is 6.44. The zero-order valence-electron chi connectivity index (χ0n) is 12.6. The SMILES string of the molecule is Cc1ccc(S(=O)(=O)N(C)C)cc1NC(=O)c1cc(Cl)sc1Cl. The lowest BCUT2D eigenvalue weighted by Gasteiger charge is -2.14. The van der Waals surface area contributed by atoms with Crippen LogP contribution in [0.3, 0.4) is 0 Å². The summed E-state index contributed by atoms with van der Waals surface area (Å²) in [5.74, 6) is -0.444. The molecule has 0 atom stereocenters. The van der Waals surface area contributed by atoms with E-state index in [0.29, 0.717) is 10.0 Å². The van der Waals surface area contributed by atoms with Crippen LogP contribution in [0.2, 0.25) is 8.67 Å². The molecule has 0 aliphatic heterocycles. The minimum Gasteiger partial charge on any atom is -0.322 e. The minimum absolute atomic E-state index is 0.0952. The first-order valence-corrected chi connectivity index (χ1v) is 9.43. The number of nitrogens with one attached hydrogen (secondary N) is 1. The normalized spacial score (nSPS) is 11.7. The molecule has 1 N–H and O–H groups in total. The number of anilines is 1. The molecule has 1 aromatic heterocycles. The van der Waals surface area contributed by atoms with Crippen molar-refractivity contribution in [3.8, 4) is 0 Å². The van der Waals surface area contributed by atoms with Crippen molar-refractivity contribution in [3.05, 3.63) is 44.1 Å². The Morgan fingerprint density at radius 2 is 1.87 bits per heavy atom. The van der Waals surface area contributed by atoms with Crippen molar-refractivity contribution in [2.24, 2.45) is 0 Å². The van der Waals surface area contributed by atoms with Crippen molar-refractivity contribution in [1.29, 1.82) is 0 Å². The lowest BCUT2D eigenvalue weighted by atomic mass is 10.2. The maximum atomic E-state index is 12.3. The highest BCUT2D eigenvalue weighted by molar-refractivity contribution is 7.89. The van der Waals surface area contributed by atoms with Crippen LogP contribution in [-0.4, -0.2) is 32.7 Å². The number of hydrogen-bond acceptors (Lipinski definition) is 4. The summed E-state index contributed by atoms with van der Waals surface area (Å²) < 4.78 is 26.2. The van der Waals surface area contributed by atoms with Crippen LogP contribution >= 0.6 is 34.5 Å². The fourth-order valence-corrected chi connectivity index (χ4v) is 4.18. The minimum atomic E-state index is -3.58. The Morgan fingerprint density at radius 1 is 1.22 bits per heavy atom. The summed E-state index contributed by atoms with van der Waals surface area (Å²) >= 11 is 12.9. The average Bonchev–Trinajstić information content (AvgIpc) is 2.79. The van der Waals surface area contributed by atoms with Crippen LogP contribution < -0.4 is 5.32 Å². The zero-order chi connectivity index (χ0) is 17.4. The van der Waals surface area contributed by atoms with Crippen molar-refractivity contribution in [1.82, 2.24) is 4.31 Å². The van der Waals surface area contributed by atoms with Crippen molar-refractivity contribution in [2.45, 2.75) is 11.8 Å². The lowest BCUT2D eigenvalue weighted by Crippen LogP contribution is -2.22. The van der Waals surface area contributed by atoms with E-state index in [1.165, 1.54) is 32.3 Å². The summed E-state index contributed by atoms with van der Waals surface area (Å²) in [6, 6.07) is 6.02. The molecule has 0 fully saturated rings. The standard InChI is InChI=1S/C14H14Cl2N2O3S2/c1-8-4-5-9(23(20,21)18(2)3)6-11(8)17-14(19)10-7-12(15)22-13(10)16/h4-7H,1-3H3,(H,17,19). The number of carbonyl (C=O) groups is 1. The maximum Gasteiger partial charge on any atom is 0.258 e. The first-order valence-electron chi connectivity index (χ1n) is 6.42. The van der Waals surface area contributed by atoms with Crippen molar-refractivity contribution in [3.63, 3.8) is 0 Å². The molecule has 0 unspecified atom stereocenters. The summed E-state index contributed by atoms with van der Waals surface area (Å²) in [7, 11) is -0.694. The molecule has 1 amide bonds. The van der Waals surface area contributed by atoms with Gasteiger partial charge < -0.3 is 5.32 Å². The zero-order valence-corrected chi connectivity index (χ0v) is 15.7. The molecule has 0 radical (unpaired) electrons. The molecule has 1 aromatic carbocycles. The number of hydrogen-bond donors (Lipinski definition) is 1.